The second kappa shape index (κ2) is 9.06. The normalized spacial score (nSPS) is 15.1. The maximum absolute atomic E-state index is 12.9. The third-order valence-corrected chi connectivity index (χ3v) is 5.52. The van der Waals surface area contributed by atoms with Gasteiger partial charge in [-0.1, -0.05) is 60.2 Å². The summed E-state index contributed by atoms with van der Waals surface area (Å²) in [5.74, 6) is -1.89. The maximum atomic E-state index is 12.9. The lowest BCUT2D eigenvalue weighted by molar-refractivity contribution is -0.159. The van der Waals surface area contributed by atoms with Gasteiger partial charge in [-0.2, -0.15) is 0 Å². The number of carbonyl (C=O) groups excluding carboxylic acids is 2. The van der Waals surface area contributed by atoms with Crippen LogP contribution in [0.3, 0.4) is 0 Å². The van der Waals surface area contributed by atoms with Gasteiger partial charge in [0.15, 0.2) is 5.92 Å². The van der Waals surface area contributed by atoms with Crippen molar-refractivity contribution in [2.75, 3.05) is 19.1 Å². The number of aliphatic imine (C=N–C) groups is 1. The zero-order valence-corrected chi connectivity index (χ0v) is 18.2. The van der Waals surface area contributed by atoms with Gasteiger partial charge in [-0.3, -0.25) is 9.59 Å². The molecule has 0 radical (unpaired) electrons. The maximum Gasteiger partial charge on any atom is 0.322 e. The average Bonchev–Trinajstić information content (AvgIpc) is 2.84. The number of ether oxygens (including phenoxy) is 2. The Balaban J connectivity index is 2.02. The molecule has 1 atom stereocenters. The highest BCUT2D eigenvalue weighted by atomic mass is 16.5. The highest BCUT2D eigenvalue weighted by Crippen LogP contribution is 2.43. The topological polar surface area (TPSA) is 68.2 Å². The van der Waals surface area contributed by atoms with E-state index in [-0.39, 0.29) is 0 Å². The molecule has 0 amide bonds. The Morgan fingerprint density at radius 3 is 2.19 bits per heavy atom. The molecule has 0 bridgehead atoms. The molecule has 0 saturated heterocycles. The van der Waals surface area contributed by atoms with Gasteiger partial charge in [-0.15, -0.1) is 0 Å². The Morgan fingerprint density at radius 2 is 1.53 bits per heavy atom. The Kier molecular flexibility index (Phi) is 6.03. The Hall–Kier alpha value is -3.93. The lowest BCUT2D eigenvalue weighted by Crippen LogP contribution is -2.46. The molecule has 3 aromatic rings. The van der Waals surface area contributed by atoms with Gasteiger partial charge in [0.25, 0.3) is 0 Å². The van der Waals surface area contributed by atoms with Crippen LogP contribution in [0.25, 0.3) is 0 Å². The van der Waals surface area contributed by atoms with E-state index in [4.69, 9.17) is 14.5 Å². The Morgan fingerprint density at radius 1 is 0.875 bits per heavy atom. The zero-order chi connectivity index (χ0) is 22.7. The van der Waals surface area contributed by atoms with Gasteiger partial charge in [-0.25, -0.2) is 4.99 Å². The number of benzene rings is 3. The molecular weight excluding hydrogens is 404 g/mol. The summed E-state index contributed by atoms with van der Waals surface area (Å²) in [6.07, 6.45) is 0. The minimum absolute atomic E-state index is 0.640. The molecule has 0 spiro atoms. The van der Waals surface area contributed by atoms with Gasteiger partial charge in [0, 0.05) is 16.8 Å². The van der Waals surface area contributed by atoms with Crippen LogP contribution in [0.1, 0.15) is 22.7 Å². The summed E-state index contributed by atoms with van der Waals surface area (Å²) in [5, 5.41) is 0. The average molecular weight is 428 g/mol. The van der Waals surface area contributed by atoms with Gasteiger partial charge in [-0.05, 0) is 31.2 Å². The zero-order valence-electron chi connectivity index (χ0n) is 18.2. The third kappa shape index (κ3) is 3.87. The van der Waals surface area contributed by atoms with Crippen LogP contribution < -0.4 is 4.90 Å². The van der Waals surface area contributed by atoms with Crippen LogP contribution in [0, 0.1) is 12.8 Å². The second-order valence-electron chi connectivity index (χ2n) is 7.54. The molecule has 1 aliphatic heterocycles. The molecule has 0 aliphatic carbocycles. The molecule has 0 aromatic heterocycles. The molecule has 0 unspecified atom stereocenters. The fraction of sp³-hybridized carbons (Fsp3) is 0.192. The molecular formula is C26H24N2O4. The third-order valence-electron chi connectivity index (χ3n) is 5.52. The predicted molar refractivity (Wildman–Crippen MR) is 123 cm³/mol. The first-order valence-corrected chi connectivity index (χ1v) is 10.3. The summed E-state index contributed by atoms with van der Waals surface area (Å²) in [7, 11) is 2.55. The van der Waals surface area contributed by atoms with Crippen LogP contribution in [0.5, 0.6) is 0 Å². The van der Waals surface area contributed by atoms with E-state index < -0.39 is 23.9 Å². The van der Waals surface area contributed by atoms with E-state index in [1.807, 2.05) is 90.7 Å². The molecule has 6 heteroatoms. The fourth-order valence-electron chi connectivity index (χ4n) is 4.07. The van der Waals surface area contributed by atoms with Crippen molar-refractivity contribution in [3.05, 3.63) is 95.6 Å². The minimum Gasteiger partial charge on any atom is -0.468 e. The Bertz CT molecular complexity index is 1160. The van der Waals surface area contributed by atoms with E-state index in [1.165, 1.54) is 14.2 Å². The number of aryl methyl sites for hydroxylation is 1. The lowest BCUT2D eigenvalue weighted by Gasteiger charge is -2.40. The first-order chi connectivity index (χ1) is 15.5. The fourth-order valence-corrected chi connectivity index (χ4v) is 4.07. The van der Waals surface area contributed by atoms with Crippen LogP contribution in [-0.2, 0) is 19.1 Å². The van der Waals surface area contributed by atoms with Crippen LogP contribution in [0.2, 0.25) is 0 Å². The molecule has 0 saturated carbocycles. The molecule has 3 aromatic carbocycles. The summed E-state index contributed by atoms with van der Waals surface area (Å²) in [6, 6.07) is 24.4. The molecule has 6 nitrogen and oxygen atoms in total. The van der Waals surface area contributed by atoms with E-state index in [9.17, 15) is 9.59 Å². The molecule has 0 fully saturated rings. The molecule has 32 heavy (non-hydrogen) atoms. The van der Waals surface area contributed by atoms with Crippen molar-refractivity contribution in [2.45, 2.75) is 13.0 Å². The smallest absolute Gasteiger partial charge is 0.322 e. The van der Waals surface area contributed by atoms with E-state index in [1.54, 1.807) is 0 Å². The SMILES string of the molecule is COC(=O)C(C(=O)OC)[C@@H]1c2ccccc2N=C(c2cccc(C)c2)N1c1ccccc1. The number of methoxy groups -OCH3 is 2. The molecule has 4 rings (SSSR count). The van der Waals surface area contributed by atoms with E-state index in [2.05, 4.69) is 0 Å². The van der Waals surface area contributed by atoms with Crippen molar-refractivity contribution < 1.29 is 19.1 Å². The van der Waals surface area contributed by atoms with Crippen molar-refractivity contribution >= 4 is 29.1 Å². The van der Waals surface area contributed by atoms with Gasteiger partial charge in [0.1, 0.15) is 5.84 Å². The molecule has 1 heterocycles. The van der Waals surface area contributed by atoms with Crippen LogP contribution in [0.4, 0.5) is 11.4 Å². The molecule has 0 N–H and O–H groups in total. The summed E-state index contributed by atoms with van der Waals surface area (Å²) in [5.41, 5.74) is 4.19. The van der Waals surface area contributed by atoms with Gasteiger partial charge >= 0.3 is 11.9 Å². The number of hydrogen-bond donors (Lipinski definition) is 0. The number of fused-ring (bicyclic) bond motifs is 1. The van der Waals surface area contributed by atoms with Crippen molar-refractivity contribution in [3.63, 3.8) is 0 Å². The van der Waals surface area contributed by atoms with E-state index >= 15 is 0 Å². The lowest BCUT2D eigenvalue weighted by atomic mass is 9.87. The quantitative estimate of drug-likeness (QED) is 0.439. The number of rotatable bonds is 5. The first kappa shape index (κ1) is 21.3. The van der Waals surface area contributed by atoms with E-state index in [0.717, 1.165) is 22.4 Å². The largest absolute Gasteiger partial charge is 0.468 e. The summed E-state index contributed by atoms with van der Waals surface area (Å²) < 4.78 is 10.1. The number of anilines is 1. The van der Waals surface area contributed by atoms with Crippen molar-refractivity contribution in [2.24, 2.45) is 10.9 Å². The van der Waals surface area contributed by atoms with Crippen molar-refractivity contribution in [1.29, 1.82) is 0 Å². The number of amidine groups is 1. The number of carbonyl (C=O) groups is 2. The minimum atomic E-state index is -1.21. The highest BCUT2D eigenvalue weighted by Gasteiger charge is 2.45. The molecule has 1 aliphatic rings. The Labute approximate surface area is 187 Å². The van der Waals surface area contributed by atoms with Crippen molar-refractivity contribution in [1.82, 2.24) is 0 Å². The first-order valence-electron chi connectivity index (χ1n) is 10.3. The van der Waals surface area contributed by atoms with Gasteiger partial charge in [0.2, 0.25) is 0 Å². The van der Waals surface area contributed by atoms with Crippen LogP contribution in [0.15, 0.2) is 83.9 Å². The molecule has 162 valence electrons. The number of hydrogen-bond acceptors (Lipinski definition) is 6. The number of esters is 2. The van der Waals surface area contributed by atoms with Crippen molar-refractivity contribution in [3.8, 4) is 0 Å². The van der Waals surface area contributed by atoms with Gasteiger partial charge < -0.3 is 14.4 Å². The highest BCUT2D eigenvalue weighted by molar-refractivity contribution is 6.14. The summed E-state index contributed by atoms with van der Waals surface area (Å²) >= 11 is 0. The van der Waals surface area contributed by atoms with Gasteiger partial charge in [0.05, 0.1) is 25.9 Å². The number of para-hydroxylation sites is 2. The second-order valence-corrected chi connectivity index (χ2v) is 7.54. The summed E-state index contributed by atoms with van der Waals surface area (Å²) in [6.45, 7) is 2.01. The summed E-state index contributed by atoms with van der Waals surface area (Å²) in [4.78, 5) is 32.7. The van der Waals surface area contributed by atoms with Crippen LogP contribution >= 0.6 is 0 Å². The number of nitrogens with zero attached hydrogens (tertiary/aromatic N) is 2. The van der Waals surface area contributed by atoms with E-state index in [0.29, 0.717) is 11.5 Å². The standard InChI is InChI=1S/C26H24N2O4/c1-17-10-9-11-18(16-17)24-27-21-15-8-7-14-20(21)23(22(25(29)31-2)26(30)32-3)28(24)19-12-5-4-6-13-19/h4-16,22-23H,1-3H3/t23-/m0/s1. The predicted octanol–water partition coefficient (Wildman–Crippen LogP) is 4.60. The monoisotopic (exact) mass is 428 g/mol. The van der Waals surface area contributed by atoms with Crippen LogP contribution in [-0.4, -0.2) is 32.0 Å².